The zero-order valence-electron chi connectivity index (χ0n) is 17.7. The zero-order chi connectivity index (χ0) is 22.7. The van der Waals surface area contributed by atoms with Crippen molar-refractivity contribution in [2.45, 2.75) is 24.9 Å². The van der Waals surface area contributed by atoms with Gasteiger partial charge in [-0.25, -0.2) is 9.37 Å². The first-order valence-electron chi connectivity index (χ1n) is 10.2. The Morgan fingerprint density at radius 1 is 1.03 bits per heavy atom. The number of rotatable bonds is 6. The number of hydrogen-bond acceptors (Lipinski definition) is 4. The number of thioether (sulfide) groups is 1. The third kappa shape index (κ3) is 4.43. The second-order valence-corrected chi connectivity index (χ2v) is 8.52. The van der Waals surface area contributed by atoms with E-state index in [4.69, 9.17) is 0 Å². The summed E-state index contributed by atoms with van der Waals surface area (Å²) in [6.07, 6.45) is 0. The Morgan fingerprint density at radius 3 is 2.50 bits per heavy atom. The molecule has 5 nitrogen and oxygen atoms in total. The Bertz CT molecular complexity index is 1350. The summed E-state index contributed by atoms with van der Waals surface area (Å²) >= 11 is 1.09. The van der Waals surface area contributed by atoms with Gasteiger partial charge in [-0.3, -0.25) is 14.2 Å². The van der Waals surface area contributed by atoms with Crippen molar-refractivity contribution in [2.75, 3.05) is 11.1 Å². The van der Waals surface area contributed by atoms with Crippen molar-refractivity contribution in [3.8, 4) is 5.69 Å². The minimum Gasteiger partial charge on any atom is -0.325 e. The lowest BCUT2D eigenvalue weighted by Crippen LogP contribution is -2.23. The summed E-state index contributed by atoms with van der Waals surface area (Å²) in [7, 11) is 0. The van der Waals surface area contributed by atoms with E-state index in [9.17, 15) is 14.0 Å². The second-order valence-electron chi connectivity index (χ2n) is 7.58. The molecule has 1 amide bonds. The van der Waals surface area contributed by atoms with E-state index >= 15 is 0 Å². The van der Waals surface area contributed by atoms with E-state index in [-0.39, 0.29) is 34.0 Å². The highest BCUT2D eigenvalue weighted by Gasteiger charge is 2.17. The number of fused-ring (bicyclic) bond motifs is 1. The molecular formula is C25H22FN3O2S. The highest BCUT2D eigenvalue weighted by Crippen LogP contribution is 2.25. The number of hydrogen-bond donors (Lipinski definition) is 1. The van der Waals surface area contributed by atoms with Crippen LogP contribution in [-0.4, -0.2) is 21.2 Å². The SMILES string of the molecule is CC(C)c1ccccc1NC(=O)CSc1nc2ccccc2c(=O)n1-c1ccccc1F. The topological polar surface area (TPSA) is 64.0 Å². The third-order valence-electron chi connectivity index (χ3n) is 5.03. The van der Waals surface area contributed by atoms with Crippen LogP contribution in [0.4, 0.5) is 10.1 Å². The van der Waals surface area contributed by atoms with Crippen LogP contribution in [0.25, 0.3) is 16.6 Å². The van der Waals surface area contributed by atoms with Gasteiger partial charge < -0.3 is 5.32 Å². The molecule has 1 aromatic heterocycles. The molecule has 162 valence electrons. The summed E-state index contributed by atoms with van der Waals surface area (Å²) < 4.78 is 15.8. The van der Waals surface area contributed by atoms with Gasteiger partial charge >= 0.3 is 0 Å². The molecule has 3 aromatic carbocycles. The van der Waals surface area contributed by atoms with Crippen molar-refractivity contribution < 1.29 is 9.18 Å². The number of nitrogens with zero attached hydrogens (tertiary/aromatic N) is 2. The van der Waals surface area contributed by atoms with Crippen LogP contribution in [0.1, 0.15) is 25.3 Å². The Morgan fingerprint density at radius 2 is 1.72 bits per heavy atom. The summed E-state index contributed by atoms with van der Waals surface area (Å²) in [5, 5.41) is 3.58. The molecule has 0 spiro atoms. The van der Waals surface area contributed by atoms with Crippen LogP contribution in [-0.2, 0) is 4.79 Å². The first-order chi connectivity index (χ1) is 15.5. The highest BCUT2D eigenvalue weighted by molar-refractivity contribution is 7.99. The van der Waals surface area contributed by atoms with Crippen molar-refractivity contribution in [1.82, 2.24) is 9.55 Å². The van der Waals surface area contributed by atoms with Gasteiger partial charge in [0.05, 0.1) is 22.3 Å². The van der Waals surface area contributed by atoms with Gasteiger partial charge in [0.1, 0.15) is 5.82 Å². The molecule has 7 heteroatoms. The maximum absolute atomic E-state index is 14.6. The van der Waals surface area contributed by atoms with Gasteiger partial charge in [0.2, 0.25) is 5.91 Å². The van der Waals surface area contributed by atoms with Gasteiger partial charge in [0.25, 0.3) is 5.56 Å². The number of anilines is 1. The van der Waals surface area contributed by atoms with Gasteiger partial charge in [-0.1, -0.05) is 68.1 Å². The van der Waals surface area contributed by atoms with Crippen LogP contribution in [0.5, 0.6) is 0 Å². The van der Waals surface area contributed by atoms with Gasteiger partial charge in [-0.15, -0.1) is 0 Å². The van der Waals surface area contributed by atoms with Crippen molar-refractivity contribution in [3.63, 3.8) is 0 Å². The van der Waals surface area contributed by atoms with Crippen LogP contribution in [0.15, 0.2) is 82.7 Å². The van der Waals surface area contributed by atoms with E-state index in [1.807, 2.05) is 24.3 Å². The van der Waals surface area contributed by atoms with Gasteiger partial charge in [0, 0.05) is 5.69 Å². The summed E-state index contributed by atoms with van der Waals surface area (Å²) in [4.78, 5) is 30.5. The summed E-state index contributed by atoms with van der Waals surface area (Å²) in [6.45, 7) is 4.12. The molecule has 1 N–H and O–H groups in total. The first kappa shape index (κ1) is 21.8. The standard InChI is InChI=1S/C25H22FN3O2S/c1-16(2)17-9-3-6-12-20(17)27-23(30)15-32-25-28-21-13-7-4-10-18(21)24(31)29(25)22-14-8-5-11-19(22)26/h3-14,16H,15H2,1-2H3,(H,27,30). The molecular weight excluding hydrogens is 425 g/mol. The normalized spacial score (nSPS) is 11.1. The molecule has 0 bridgehead atoms. The molecule has 0 radical (unpaired) electrons. The minimum atomic E-state index is -0.538. The van der Waals surface area contributed by atoms with Crippen molar-refractivity contribution >= 4 is 34.3 Å². The fraction of sp³-hybridized carbons (Fsp3) is 0.160. The van der Waals surface area contributed by atoms with Crippen LogP contribution in [0.3, 0.4) is 0 Å². The highest BCUT2D eigenvalue weighted by atomic mass is 32.2. The molecule has 0 aliphatic rings. The molecule has 1 heterocycles. The zero-order valence-corrected chi connectivity index (χ0v) is 18.5. The lowest BCUT2D eigenvalue weighted by atomic mass is 10.0. The van der Waals surface area contributed by atoms with Gasteiger partial charge in [-0.05, 0) is 41.8 Å². The number of carbonyl (C=O) groups excluding carboxylic acids is 1. The lowest BCUT2D eigenvalue weighted by molar-refractivity contribution is -0.113. The maximum Gasteiger partial charge on any atom is 0.266 e. The Kier molecular flexibility index (Phi) is 6.37. The van der Waals surface area contributed by atoms with Gasteiger partial charge in [-0.2, -0.15) is 0 Å². The fourth-order valence-corrected chi connectivity index (χ4v) is 4.29. The molecule has 0 saturated carbocycles. The Labute approximate surface area is 189 Å². The fourth-order valence-electron chi connectivity index (χ4n) is 3.49. The average molecular weight is 448 g/mol. The number of carbonyl (C=O) groups is 1. The Balaban J connectivity index is 1.67. The van der Waals surface area contributed by atoms with E-state index < -0.39 is 5.82 Å². The van der Waals surface area contributed by atoms with E-state index in [0.717, 1.165) is 23.0 Å². The largest absolute Gasteiger partial charge is 0.325 e. The van der Waals surface area contributed by atoms with Gasteiger partial charge in [0.15, 0.2) is 5.16 Å². The molecule has 4 rings (SSSR count). The van der Waals surface area contributed by atoms with E-state index in [1.165, 1.54) is 16.7 Å². The molecule has 0 atom stereocenters. The number of halogens is 1. The number of amides is 1. The predicted octanol–water partition coefficient (Wildman–Crippen LogP) is 5.38. The summed E-state index contributed by atoms with van der Waals surface area (Å²) in [6, 6.07) is 20.6. The average Bonchev–Trinajstić information content (AvgIpc) is 2.79. The number of aromatic nitrogens is 2. The quantitative estimate of drug-likeness (QED) is 0.318. The predicted molar refractivity (Wildman–Crippen MR) is 127 cm³/mol. The molecule has 0 saturated heterocycles. The Hall–Kier alpha value is -3.45. The van der Waals surface area contributed by atoms with Crippen LogP contribution in [0.2, 0.25) is 0 Å². The lowest BCUT2D eigenvalue weighted by Gasteiger charge is -2.15. The van der Waals surface area contributed by atoms with Crippen LogP contribution in [0, 0.1) is 5.82 Å². The van der Waals surface area contributed by atoms with Crippen molar-refractivity contribution in [3.05, 3.63) is 94.5 Å². The molecule has 0 aliphatic heterocycles. The first-order valence-corrected chi connectivity index (χ1v) is 11.2. The number of nitrogens with one attached hydrogen (secondary N) is 1. The van der Waals surface area contributed by atoms with Crippen molar-refractivity contribution in [1.29, 1.82) is 0 Å². The molecule has 0 aliphatic carbocycles. The summed E-state index contributed by atoms with van der Waals surface area (Å²) in [5.41, 5.74) is 2.01. The summed E-state index contributed by atoms with van der Waals surface area (Å²) in [5.74, 6) is -0.493. The van der Waals surface area contributed by atoms with E-state index in [2.05, 4.69) is 24.1 Å². The smallest absolute Gasteiger partial charge is 0.266 e. The van der Waals surface area contributed by atoms with E-state index in [0.29, 0.717) is 10.9 Å². The molecule has 0 unspecified atom stereocenters. The molecule has 0 fully saturated rings. The minimum absolute atomic E-state index is 0.0195. The third-order valence-corrected chi connectivity index (χ3v) is 5.97. The van der Waals surface area contributed by atoms with Crippen LogP contribution < -0.4 is 10.9 Å². The molecule has 32 heavy (non-hydrogen) atoms. The van der Waals surface area contributed by atoms with Crippen molar-refractivity contribution in [2.24, 2.45) is 0 Å². The number of para-hydroxylation sites is 3. The number of benzene rings is 3. The monoisotopic (exact) mass is 447 g/mol. The maximum atomic E-state index is 14.6. The second kappa shape index (κ2) is 9.36. The van der Waals surface area contributed by atoms with E-state index in [1.54, 1.807) is 36.4 Å². The molecule has 4 aromatic rings. The van der Waals surface area contributed by atoms with Crippen LogP contribution >= 0.6 is 11.8 Å².